The number of hydrogen-bond acceptors (Lipinski definition) is 4. The fourth-order valence-electron chi connectivity index (χ4n) is 3.37. The van der Waals surface area contributed by atoms with Crippen LogP contribution < -0.4 is 5.32 Å². The van der Waals surface area contributed by atoms with Crippen molar-refractivity contribution in [3.8, 4) is 0 Å². The summed E-state index contributed by atoms with van der Waals surface area (Å²) in [5.74, 6) is 0.362. The number of hydrogen-bond donors (Lipinski definition) is 1. The van der Waals surface area contributed by atoms with Gasteiger partial charge in [-0.05, 0) is 56.5 Å². The second kappa shape index (κ2) is 9.30. The van der Waals surface area contributed by atoms with Crippen LogP contribution in [0, 0.1) is 12.8 Å². The lowest BCUT2D eigenvalue weighted by Gasteiger charge is -2.07. The van der Waals surface area contributed by atoms with Crippen LogP contribution in [-0.2, 0) is 6.54 Å². The van der Waals surface area contributed by atoms with Gasteiger partial charge in [0.2, 0.25) is 0 Å². The highest BCUT2D eigenvalue weighted by molar-refractivity contribution is 8.00. The summed E-state index contributed by atoms with van der Waals surface area (Å²) < 4.78 is 38.4. The number of benzene rings is 1. The zero-order chi connectivity index (χ0) is 18.7. The third-order valence-electron chi connectivity index (χ3n) is 4.73. The van der Waals surface area contributed by atoms with E-state index in [1.54, 1.807) is 6.07 Å². The molecule has 1 saturated heterocycles. The predicted molar refractivity (Wildman–Crippen MR) is 105 cm³/mol. The minimum atomic E-state index is -4.23. The second-order valence-corrected chi connectivity index (χ2v) is 7.86. The molecule has 0 radical (unpaired) electrons. The third kappa shape index (κ3) is 5.86. The standard InChI is InChI=1S/C18H22F3N3OS.ClH/c1-12-14(17(25)3-2-8-26-18(19,20)21)4-5-16-15(12)11-24(23-16)10-13-6-7-22-9-13;/h4-5,11,13,22H,2-3,6-10H2,1H3;1H/t13-;/m1./s1. The Bertz CT molecular complexity index is 788. The van der Waals surface area contributed by atoms with Gasteiger partial charge in [0, 0.05) is 35.9 Å². The van der Waals surface area contributed by atoms with Gasteiger partial charge in [-0.3, -0.25) is 9.48 Å². The van der Waals surface area contributed by atoms with E-state index in [2.05, 4.69) is 10.4 Å². The number of ketones is 1. The van der Waals surface area contributed by atoms with Crippen molar-refractivity contribution in [3.05, 3.63) is 29.5 Å². The maximum absolute atomic E-state index is 12.4. The molecule has 27 heavy (non-hydrogen) atoms. The molecule has 1 N–H and O–H groups in total. The zero-order valence-electron chi connectivity index (χ0n) is 15.0. The molecule has 1 fully saturated rings. The Labute approximate surface area is 166 Å². The lowest BCUT2D eigenvalue weighted by atomic mass is 9.99. The molecule has 1 aliphatic heterocycles. The van der Waals surface area contributed by atoms with Crippen molar-refractivity contribution in [1.82, 2.24) is 15.1 Å². The van der Waals surface area contributed by atoms with Gasteiger partial charge in [0.15, 0.2) is 5.78 Å². The molecular weight excluding hydrogens is 399 g/mol. The molecule has 2 aromatic rings. The van der Waals surface area contributed by atoms with Gasteiger partial charge in [-0.25, -0.2) is 0 Å². The van der Waals surface area contributed by atoms with Crippen LogP contribution in [0.4, 0.5) is 13.2 Å². The van der Waals surface area contributed by atoms with Gasteiger partial charge < -0.3 is 5.32 Å². The Balaban J connectivity index is 0.00000261. The molecule has 1 aromatic heterocycles. The van der Waals surface area contributed by atoms with Crippen LogP contribution >= 0.6 is 24.2 Å². The van der Waals surface area contributed by atoms with Gasteiger partial charge in [0.1, 0.15) is 0 Å². The summed E-state index contributed by atoms with van der Waals surface area (Å²) in [4.78, 5) is 12.4. The first kappa shape index (κ1) is 22.0. The number of nitrogens with one attached hydrogen (secondary N) is 1. The largest absolute Gasteiger partial charge is 0.441 e. The monoisotopic (exact) mass is 421 g/mol. The number of carbonyl (C=O) groups is 1. The number of Topliss-reactive ketones (excluding diaryl/α,β-unsaturated/α-hetero) is 1. The summed E-state index contributed by atoms with van der Waals surface area (Å²) in [5.41, 5.74) is -1.96. The molecule has 0 amide bonds. The van der Waals surface area contributed by atoms with E-state index in [-0.39, 0.29) is 48.5 Å². The lowest BCUT2D eigenvalue weighted by molar-refractivity contribution is -0.0328. The molecule has 4 nitrogen and oxygen atoms in total. The van der Waals surface area contributed by atoms with Gasteiger partial charge in [0.25, 0.3) is 0 Å². The summed E-state index contributed by atoms with van der Waals surface area (Å²) in [7, 11) is 0. The normalized spacial score (nSPS) is 17.3. The molecule has 0 spiro atoms. The van der Waals surface area contributed by atoms with Gasteiger partial charge in [-0.2, -0.15) is 18.3 Å². The van der Waals surface area contributed by atoms with Crippen LogP contribution in [0.5, 0.6) is 0 Å². The number of alkyl halides is 3. The van der Waals surface area contributed by atoms with E-state index in [0.717, 1.165) is 42.5 Å². The Morgan fingerprint density at radius 2 is 2.19 bits per heavy atom. The fourth-order valence-corrected chi connectivity index (χ4v) is 3.89. The first-order valence-electron chi connectivity index (χ1n) is 8.75. The third-order valence-corrected chi connectivity index (χ3v) is 5.55. The van der Waals surface area contributed by atoms with E-state index in [9.17, 15) is 18.0 Å². The maximum Gasteiger partial charge on any atom is 0.441 e. The van der Waals surface area contributed by atoms with E-state index >= 15 is 0 Å². The van der Waals surface area contributed by atoms with Crippen LogP contribution in [0.15, 0.2) is 18.3 Å². The van der Waals surface area contributed by atoms with Gasteiger partial charge in [0.05, 0.1) is 5.52 Å². The van der Waals surface area contributed by atoms with Crippen molar-refractivity contribution in [3.63, 3.8) is 0 Å². The molecule has 1 aromatic carbocycles. The van der Waals surface area contributed by atoms with Crippen molar-refractivity contribution in [2.75, 3.05) is 18.8 Å². The number of fused-ring (bicyclic) bond motifs is 1. The van der Waals surface area contributed by atoms with E-state index < -0.39 is 5.51 Å². The molecule has 2 heterocycles. The van der Waals surface area contributed by atoms with Crippen molar-refractivity contribution in [2.45, 2.75) is 38.2 Å². The molecule has 0 saturated carbocycles. The van der Waals surface area contributed by atoms with Crippen LogP contribution in [-0.4, -0.2) is 39.9 Å². The van der Waals surface area contributed by atoms with E-state index in [1.807, 2.05) is 23.9 Å². The Kier molecular flexibility index (Phi) is 7.59. The molecule has 9 heteroatoms. The van der Waals surface area contributed by atoms with Crippen molar-refractivity contribution in [2.24, 2.45) is 5.92 Å². The maximum atomic E-state index is 12.4. The molecule has 1 aliphatic rings. The number of aromatic nitrogens is 2. The molecular formula is C18H23ClF3N3OS. The van der Waals surface area contributed by atoms with Gasteiger partial charge in [-0.15, -0.1) is 12.4 Å². The highest BCUT2D eigenvalue weighted by Gasteiger charge is 2.27. The highest BCUT2D eigenvalue weighted by Crippen LogP contribution is 2.31. The quantitative estimate of drug-likeness (QED) is 0.524. The highest BCUT2D eigenvalue weighted by atomic mass is 35.5. The Morgan fingerprint density at radius 1 is 1.41 bits per heavy atom. The number of aryl methyl sites for hydroxylation is 1. The van der Waals surface area contributed by atoms with Crippen LogP contribution in [0.25, 0.3) is 10.9 Å². The van der Waals surface area contributed by atoms with E-state index in [4.69, 9.17) is 0 Å². The molecule has 0 bridgehead atoms. The molecule has 0 aliphatic carbocycles. The summed E-state index contributed by atoms with van der Waals surface area (Å²) in [6.45, 7) is 4.76. The number of carbonyl (C=O) groups excluding carboxylic acids is 1. The molecule has 1 atom stereocenters. The van der Waals surface area contributed by atoms with Crippen molar-refractivity contribution < 1.29 is 18.0 Å². The number of nitrogens with zero attached hydrogens (tertiary/aromatic N) is 2. The number of thioether (sulfide) groups is 1. The average molecular weight is 422 g/mol. The first-order chi connectivity index (χ1) is 12.3. The predicted octanol–water partition coefficient (Wildman–Crippen LogP) is 4.59. The first-order valence-corrected chi connectivity index (χ1v) is 9.73. The summed E-state index contributed by atoms with van der Waals surface area (Å²) >= 11 is -0.0749. The topological polar surface area (TPSA) is 46.9 Å². The minimum Gasteiger partial charge on any atom is -0.316 e. The number of halogens is 4. The number of rotatable bonds is 7. The minimum absolute atomic E-state index is 0. The van der Waals surface area contributed by atoms with Gasteiger partial charge >= 0.3 is 5.51 Å². The lowest BCUT2D eigenvalue weighted by Crippen LogP contribution is -2.14. The Hall–Kier alpha value is -1.25. The van der Waals surface area contributed by atoms with Crippen molar-refractivity contribution >= 4 is 40.9 Å². The van der Waals surface area contributed by atoms with E-state index in [0.29, 0.717) is 11.5 Å². The average Bonchev–Trinajstić information content (AvgIpc) is 3.21. The van der Waals surface area contributed by atoms with Gasteiger partial charge in [-0.1, -0.05) is 11.8 Å². The van der Waals surface area contributed by atoms with Crippen molar-refractivity contribution in [1.29, 1.82) is 0 Å². The second-order valence-electron chi connectivity index (χ2n) is 6.70. The summed E-state index contributed by atoms with van der Waals surface area (Å²) in [6, 6.07) is 3.56. The SMILES string of the molecule is Cc1c(C(=O)CCCSC(F)(F)F)ccc2nn(C[C@@H]3CCNC3)cc12.Cl. The fraction of sp³-hybridized carbons (Fsp3) is 0.556. The van der Waals surface area contributed by atoms with Crippen LogP contribution in [0.2, 0.25) is 0 Å². The Morgan fingerprint density at radius 3 is 2.85 bits per heavy atom. The molecule has 3 rings (SSSR count). The van der Waals surface area contributed by atoms with Crippen LogP contribution in [0.1, 0.15) is 35.2 Å². The summed E-state index contributed by atoms with van der Waals surface area (Å²) in [6.07, 6.45) is 3.44. The molecule has 0 unspecified atom stereocenters. The zero-order valence-corrected chi connectivity index (χ0v) is 16.6. The van der Waals surface area contributed by atoms with E-state index in [1.165, 1.54) is 0 Å². The smallest absolute Gasteiger partial charge is 0.316 e. The summed E-state index contributed by atoms with van der Waals surface area (Å²) in [5, 5.41) is 8.86. The molecule has 150 valence electrons. The van der Waals surface area contributed by atoms with Crippen LogP contribution in [0.3, 0.4) is 0 Å².